The molecule has 0 amide bonds. The van der Waals surface area contributed by atoms with Crippen LogP contribution in [0.4, 0.5) is 17.1 Å². The van der Waals surface area contributed by atoms with Crippen molar-refractivity contribution in [2.45, 2.75) is 24.7 Å². The minimum Gasteiger partial charge on any atom is -0.457 e. The van der Waals surface area contributed by atoms with Gasteiger partial charge in [-0.2, -0.15) is 0 Å². The van der Waals surface area contributed by atoms with Crippen LogP contribution in [-0.2, 0) is 10.8 Å². The molecule has 11 aromatic rings. The van der Waals surface area contributed by atoms with E-state index in [4.69, 9.17) is 4.74 Å². The van der Waals surface area contributed by atoms with E-state index in [2.05, 4.69) is 242 Å². The van der Waals surface area contributed by atoms with Gasteiger partial charge in [0.05, 0.1) is 16.4 Å². The minimum absolute atomic E-state index is 0.0947. The summed E-state index contributed by atoms with van der Waals surface area (Å²) in [6, 6.07) is 80.5. The zero-order valence-corrected chi connectivity index (χ0v) is 36.1. The van der Waals surface area contributed by atoms with Gasteiger partial charge in [0, 0.05) is 56.1 Å². The van der Waals surface area contributed by atoms with Gasteiger partial charge in [-0.05, 0) is 116 Å². The molecule has 1 aromatic heterocycles. The van der Waals surface area contributed by atoms with Crippen molar-refractivity contribution in [2.24, 2.45) is 0 Å². The zero-order valence-electron chi connectivity index (χ0n) is 36.1. The molecule has 1 spiro atoms. The molecule has 1 unspecified atom stereocenters. The van der Waals surface area contributed by atoms with Crippen LogP contribution in [0.1, 0.15) is 47.2 Å². The second-order valence-electron chi connectivity index (χ2n) is 18.4. The van der Waals surface area contributed by atoms with E-state index in [1.807, 2.05) is 0 Å². The predicted molar refractivity (Wildman–Crippen MR) is 268 cm³/mol. The third-order valence-electron chi connectivity index (χ3n) is 14.8. The summed E-state index contributed by atoms with van der Waals surface area (Å²) in [5, 5.41) is 4.97. The summed E-state index contributed by atoms with van der Waals surface area (Å²) >= 11 is 0. The summed E-state index contributed by atoms with van der Waals surface area (Å²) in [7, 11) is 0. The molecule has 0 fully saturated rings. The molecule has 2 heterocycles. The number of para-hydroxylation sites is 3. The maximum absolute atomic E-state index is 7.08. The number of hydrogen-bond acceptors (Lipinski definition) is 2. The van der Waals surface area contributed by atoms with Crippen LogP contribution in [0.3, 0.4) is 0 Å². The smallest absolute Gasteiger partial charge is 0.134 e. The molecule has 1 atom stereocenters. The van der Waals surface area contributed by atoms with Crippen molar-refractivity contribution in [3.63, 3.8) is 0 Å². The van der Waals surface area contributed by atoms with E-state index in [0.717, 1.165) is 39.7 Å². The van der Waals surface area contributed by atoms with E-state index in [0.29, 0.717) is 0 Å². The van der Waals surface area contributed by atoms with E-state index in [1.54, 1.807) is 0 Å². The lowest BCUT2D eigenvalue weighted by atomic mass is 9.58. The molecule has 0 radical (unpaired) electrons. The van der Waals surface area contributed by atoms with Crippen molar-refractivity contribution in [1.82, 2.24) is 4.57 Å². The van der Waals surface area contributed by atoms with Gasteiger partial charge in [0.2, 0.25) is 0 Å². The van der Waals surface area contributed by atoms with Crippen molar-refractivity contribution < 1.29 is 4.74 Å². The molecule has 1 aliphatic heterocycles. The topological polar surface area (TPSA) is 17.4 Å². The molecule has 3 aliphatic rings. The molecule has 306 valence electrons. The number of rotatable bonds is 4. The van der Waals surface area contributed by atoms with Crippen molar-refractivity contribution in [3.05, 3.63) is 252 Å². The van der Waals surface area contributed by atoms with Crippen LogP contribution in [0.5, 0.6) is 11.5 Å². The number of ether oxygens (including phenoxy) is 1. The molecular formula is C62H42N2O. The van der Waals surface area contributed by atoms with Crippen LogP contribution in [0, 0.1) is 0 Å². The fraction of sp³-hybridized carbons (Fsp3) is 0.0645. The molecule has 65 heavy (non-hydrogen) atoms. The summed E-state index contributed by atoms with van der Waals surface area (Å²) in [5.41, 5.74) is 18.8. The summed E-state index contributed by atoms with van der Waals surface area (Å²) in [6.07, 6.45) is 0. The first-order valence-corrected chi connectivity index (χ1v) is 22.7. The predicted octanol–water partition coefficient (Wildman–Crippen LogP) is 16.2. The zero-order chi connectivity index (χ0) is 43.0. The van der Waals surface area contributed by atoms with Crippen LogP contribution in [0.25, 0.3) is 60.5 Å². The quantitative estimate of drug-likeness (QED) is 0.176. The minimum atomic E-state index is -0.596. The Balaban J connectivity index is 0.968. The van der Waals surface area contributed by atoms with Crippen LogP contribution >= 0.6 is 0 Å². The molecule has 0 saturated carbocycles. The van der Waals surface area contributed by atoms with E-state index in [1.165, 1.54) is 82.8 Å². The maximum Gasteiger partial charge on any atom is 0.134 e. The molecule has 2 aliphatic carbocycles. The Kier molecular flexibility index (Phi) is 7.38. The monoisotopic (exact) mass is 830 g/mol. The molecule has 0 bridgehead atoms. The van der Waals surface area contributed by atoms with Crippen molar-refractivity contribution >= 4 is 49.6 Å². The standard InChI is InChI=1S/C62H42N2O/c1-61(2)50-24-9-6-20-44(50)46-33-30-42(37-55(46)61)64-56-28-12-8-22-47(56)49-36-41(32-35-57(49)64)63(40-18-4-3-5-19-40)43-31-34-53-59(38-43)65-58-29-13-11-26-52(58)62(53)51-25-10-7-21-45(51)48-23-14-16-39-17-15-27-54(62)60(39)48/h3-38H,1-2H3. The fourth-order valence-corrected chi connectivity index (χ4v) is 12.1. The first-order chi connectivity index (χ1) is 32.0. The highest BCUT2D eigenvalue weighted by Crippen LogP contribution is 2.62. The van der Waals surface area contributed by atoms with E-state index in [9.17, 15) is 0 Å². The first kappa shape index (κ1) is 36.4. The Morgan fingerprint density at radius 1 is 0.385 bits per heavy atom. The number of nitrogens with zero attached hydrogens (tertiary/aromatic N) is 2. The molecule has 3 heteroatoms. The van der Waals surface area contributed by atoms with E-state index < -0.39 is 5.41 Å². The lowest BCUT2D eigenvalue weighted by Crippen LogP contribution is -2.36. The normalized spacial score (nSPS) is 15.8. The number of fused-ring (bicyclic) bond motifs is 14. The van der Waals surface area contributed by atoms with Gasteiger partial charge in [-0.15, -0.1) is 0 Å². The van der Waals surface area contributed by atoms with Gasteiger partial charge in [0.25, 0.3) is 0 Å². The third-order valence-corrected chi connectivity index (χ3v) is 14.8. The highest BCUT2D eigenvalue weighted by molar-refractivity contribution is 6.11. The van der Waals surface area contributed by atoms with Gasteiger partial charge in [-0.1, -0.05) is 166 Å². The van der Waals surface area contributed by atoms with Crippen LogP contribution in [0.2, 0.25) is 0 Å². The second kappa shape index (κ2) is 13.2. The molecule has 10 aromatic carbocycles. The van der Waals surface area contributed by atoms with Crippen molar-refractivity contribution in [1.29, 1.82) is 0 Å². The lowest BCUT2D eigenvalue weighted by Gasteiger charge is -2.45. The summed E-state index contributed by atoms with van der Waals surface area (Å²) in [4.78, 5) is 2.38. The van der Waals surface area contributed by atoms with Gasteiger partial charge >= 0.3 is 0 Å². The molecule has 0 saturated heterocycles. The SMILES string of the molecule is CC1(C)c2ccccc2-c2ccc(-n3c4ccccc4c4cc(N(c5ccccc5)c5ccc6c(c5)Oc5ccccc5C65c6ccccc6-c6cccc7cccc5c67)ccc43)cc21. The maximum atomic E-state index is 7.08. The Morgan fingerprint density at radius 3 is 1.86 bits per heavy atom. The molecular weight excluding hydrogens is 789 g/mol. The highest BCUT2D eigenvalue weighted by Gasteiger charge is 2.49. The number of anilines is 3. The number of benzene rings is 10. The van der Waals surface area contributed by atoms with Gasteiger partial charge in [0.1, 0.15) is 11.5 Å². The Bertz CT molecular complexity index is 3800. The second-order valence-corrected chi connectivity index (χ2v) is 18.4. The van der Waals surface area contributed by atoms with Gasteiger partial charge < -0.3 is 14.2 Å². The largest absolute Gasteiger partial charge is 0.457 e. The van der Waals surface area contributed by atoms with Crippen LogP contribution in [-0.4, -0.2) is 4.57 Å². The van der Waals surface area contributed by atoms with E-state index >= 15 is 0 Å². The van der Waals surface area contributed by atoms with Crippen molar-refractivity contribution in [2.75, 3.05) is 4.90 Å². The average Bonchev–Trinajstić information content (AvgIpc) is 3.80. The first-order valence-electron chi connectivity index (χ1n) is 22.7. The molecule has 0 N–H and O–H groups in total. The summed E-state index contributed by atoms with van der Waals surface area (Å²) in [5.74, 6) is 1.73. The Morgan fingerprint density at radius 2 is 1.00 bits per heavy atom. The lowest BCUT2D eigenvalue weighted by molar-refractivity contribution is 0.435. The third kappa shape index (κ3) is 4.85. The number of hydrogen-bond donors (Lipinski definition) is 0. The fourth-order valence-electron chi connectivity index (χ4n) is 12.1. The Hall–Kier alpha value is -8.14. The Labute approximate surface area is 378 Å². The summed E-state index contributed by atoms with van der Waals surface area (Å²) < 4.78 is 9.53. The van der Waals surface area contributed by atoms with Gasteiger partial charge in [0.15, 0.2) is 0 Å². The van der Waals surface area contributed by atoms with Gasteiger partial charge in [-0.3, -0.25) is 0 Å². The number of aromatic nitrogens is 1. The van der Waals surface area contributed by atoms with Crippen molar-refractivity contribution in [3.8, 4) is 39.4 Å². The molecule has 3 nitrogen and oxygen atoms in total. The van der Waals surface area contributed by atoms with E-state index in [-0.39, 0.29) is 5.41 Å². The van der Waals surface area contributed by atoms with Gasteiger partial charge in [-0.25, -0.2) is 0 Å². The highest BCUT2D eigenvalue weighted by atomic mass is 16.5. The van der Waals surface area contributed by atoms with Crippen LogP contribution < -0.4 is 9.64 Å². The summed E-state index contributed by atoms with van der Waals surface area (Å²) in [6.45, 7) is 4.71. The van der Waals surface area contributed by atoms with Crippen LogP contribution in [0.15, 0.2) is 218 Å². The molecule has 14 rings (SSSR count). The average molecular weight is 831 g/mol.